The number of hydrogen-bond donors (Lipinski definition) is 1. The summed E-state index contributed by atoms with van der Waals surface area (Å²) in [5.74, 6) is 0.619. The van der Waals surface area contributed by atoms with Gasteiger partial charge in [0.25, 0.3) is 0 Å². The van der Waals surface area contributed by atoms with E-state index in [4.69, 9.17) is 0 Å². The van der Waals surface area contributed by atoms with Crippen LogP contribution in [0.25, 0.3) is 5.65 Å². The molecule has 3 heterocycles. The predicted molar refractivity (Wildman–Crippen MR) is 83.1 cm³/mol. The first-order valence-corrected chi connectivity index (χ1v) is 8.96. The SMILES string of the molecule is CS(=O)(=O)N[C@H]1CCCN(c2nc3ccccn3c2C#N)C1. The second-order valence-electron chi connectivity index (χ2n) is 5.50. The summed E-state index contributed by atoms with van der Waals surface area (Å²) in [6, 6.07) is 7.62. The Morgan fingerprint density at radius 3 is 3.00 bits per heavy atom. The minimum Gasteiger partial charge on any atom is -0.353 e. The average Bonchev–Trinajstić information content (AvgIpc) is 2.84. The first-order valence-electron chi connectivity index (χ1n) is 7.07. The van der Waals surface area contributed by atoms with Gasteiger partial charge < -0.3 is 4.90 Å². The highest BCUT2D eigenvalue weighted by atomic mass is 32.2. The number of nitrogens with one attached hydrogen (secondary N) is 1. The van der Waals surface area contributed by atoms with Crippen molar-refractivity contribution in [2.45, 2.75) is 18.9 Å². The highest BCUT2D eigenvalue weighted by molar-refractivity contribution is 7.88. The number of imidazole rings is 1. The Kier molecular flexibility index (Phi) is 3.76. The van der Waals surface area contributed by atoms with Crippen LogP contribution in [0.4, 0.5) is 5.82 Å². The normalized spacial score (nSPS) is 19.3. The van der Waals surface area contributed by atoms with Gasteiger partial charge >= 0.3 is 0 Å². The van der Waals surface area contributed by atoms with Crippen molar-refractivity contribution in [1.29, 1.82) is 5.26 Å². The van der Waals surface area contributed by atoms with Crippen LogP contribution in [0, 0.1) is 11.3 Å². The maximum atomic E-state index is 11.4. The fourth-order valence-electron chi connectivity index (χ4n) is 2.88. The first kappa shape index (κ1) is 14.8. The van der Waals surface area contributed by atoms with Crippen molar-refractivity contribution in [1.82, 2.24) is 14.1 Å². The van der Waals surface area contributed by atoms with Crippen molar-refractivity contribution < 1.29 is 8.42 Å². The Balaban J connectivity index is 1.92. The van der Waals surface area contributed by atoms with Crippen LogP contribution in [0.1, 0.15) is 18.5 Å². The predicted octanol–water partition coefficient (Wildman–Crippen LogP) is 0.724. The van der Waals surface area contributed by atoms with E-state index in [2.05, 4.69) is 15.8 Å². The zero-order chi connectivity index (χ0) is 15.7. The van der Waals surface area contributed by atoms with Crippen molar-refractivity contribution >= 4 is 21.5 Å². The molecule has 1 N–H and O–H groups in total. The highest BCUT2D eigenvalue weighted by Gasteiger charge is 2.26. The molecule has 1 fully saturated rings. The van der Waals surface area contributed by atoms with E-state index in [-0.39, 0.29) is 6.04 Å². The van der Waals surface area contributed by atoms with Crippen molar-refractivity contribution in [2.24, 2.45) is 0 Å². The Labute approximate surface area is 129 Å². The maximum Gasteiger partial charge on any atom is 0.209 e. The lowest BCUT2D eigenvalue weighted by atomic mass is 10.1. The van der Waals surface area contributed by atoms with Crippen LogP contribution >= 0.6 is 0 Å². The van der Waals surface area contributed by atoms with E-state index in [0.717, 1.165) is 25.6 Å². The van der Waals surface area contributed by atoms with E-state index < -0.39 is 10.0 Å². The van der Waals surface area contributed by atoms with Gasteiger partial charge in [-0.05, 0) is 25.0 Å². The molecule has 1 aliphatic heterocycles. The standard InChI is InChI=1S/C14H17N5O2S/c1-22(20,21)17-11-5-4-7-18(10-11)14-12(9-15)19-8-3-2-6-13(19)16-14/h2-3,6,8,11,17H,4-5,7,10H2,1H3/t11-/m0/s1. The molecule has 0 aliphatic carbocycles. The molecule has 1 aliphatic rings. The second-order valence-corrected chi connectivity index (χ2v) is 7.28. The lowest BCUT2D eigenvalue weighted by Gasteiger charge is -2.33. The molecule has 0 bridgehead atoms. The molecule has 0 radical (unpaired) electrons. The van der Waals surface area contributed by atoms with Gasteiger partial charge in [-0.3, -0.25) is 4.40 Å². The van der Waals surface area contributed by atoms with Crippen LogP contribution in [0.15, 0.2) is 24.4 Å². The quantitative estimate of drug-likeness (QED) is 0.900. The van der Waals surface area contributed by atoms with Crippen molar-refractivity contribution in [3.05, 3.63) is 30.1 Å². The highest BCUT2D eigenvalue weighted by Crippen LogP contribution is 2.24. The van der Waals surface area contributed by atoms with Gasteiger partial charge in [-0.25, -0.2) is 18.1 Å². The number of sulfonamides is 1. The van der Waals surface area contributed by atoms with E-state index in [9.17, 15) is 13.7 Å². The minimum absolute atomic E-state index is 0.153. The first-order chi connectivity index (χ1) is 10.5. The Morgan fingerprint density at radius 1 is 1.45 bits per heavy atom. The van der Waals surface area contributed by atoms with E-state index in [1.54, 1.807) is 10.6 Å². The number of rotatable bonds is 3. The third-order valence-electron chi connectivity index (χ3n) is 3.72. The topological polar surface area (TPSA) is 90.5 Å². The number of fused-ring (bicyclic) bond motifs is 1. The summed E-state index contributed by atoms with van der Waals surface area (Å²) >= 11 is 0. The molecule has 0 amide bonds. The lowest BCUT2D eigenvalue weighted by Crippen LogP contribution is -2.47. The average molecular weight is 319 g/mol. The third kappa shape index (κ3) is 2.91. The summed E-state index contributed by atoms with van der Waals surface area (Å²) in [6.07, 6.45) is 4.61. The zero-order valence-electron chi connectivity index (χ0n) is 12.2. The molecule has 0 aromatic carbocycles. The maximum absolute atomic E-state index is 11.4. The van der Waals surface area contributed by atoms with Gasteiger partial charge in [0.05, 0.1) is 6.26 Å². The summed E-state index contributed by atoms with van der Waals surface area (Å²) in [5, 5.41) is 9.44. The molecule has 22 heavy (non-hydrogen) atoms. The molecule has 2 aromatic rings. The zero-order valence-corrected chi connectivity index (χ0v) is 13.0. The van der Waals surface area contributed by atoms with Crippen LogP contribution in [-0.2, 0) is 10.0 Å². The summed E-state index contributed by atoms with van der Waals surface area (Å²) in [6.45, 7) is 1.28. The Hall–Kier alpha value is -2.11. The number of hydrogen-bond acceptors (Lipinski definition) is 5. The van der Waals surface area contributed by atoms with E-state index >= 15 is 0 Å². The number of pyridine rings is 1. The van der Waals surface area contributed by atoms with Crippen molar-refractivity contribution in [3.63, 3.8) is 0 Å². The molecule has 0 unspecified atom stereocenters. The molecule has 1 saturated heterocycles. The van der Waals surface area contributed by atoms with Crippen LogP contribution in [-0.4, -0.2) is 43.2 Å². The number of aromatic nitrogens is 2. The molecular weight excluding hydrogens is 302 g/mol. The smallest absolute Gasteiger partial charge is 0.209 e. The lowest BCUT2D eigenvalue weighted by molar-refractivity contribution is 0.466. The van der Waals surface area contributed by atoms with Gasteiger partial charge in [-0.15, -0.1) is 0 Å². The molecular formula is C14H17N5O2S. The van der Waals surface area contributed by atoms with Crippen LogP contribution in [0.3, 0.4) is 0 Å². The summed E-state index contributed by atoms with van der Waals surface area (Å²) < 4.78 is 27.2. The van der Waals surface area contributed by atoms with Crippen LogP contribution in [0.2, 0.25) is 0 Å². The monoisotopic (exact) mass is 319 g/mol. The third-order valence-corrected chi connectivity index (χ3v) is 4.48. The van der Waals surface area contributed by atoms with Gasteiger partial charge in [0, 0.05) is 25.3 Å². The van der Waals surface area contributed by atoms with Gasteiger partial charge in [0.2, 0.25) is 10.0 Å². The van der Waals surface area contributed by atoms with Crippen molar-refractivity contribution in [2.75, 3.05) is 24.2 Å². The molecule has 7 nitrogen and oxygen atoms in total. The van der Waals surface area contributed by atoms with E-state index in [1.807, 2.05) is 23.1 Å². The Morgan fingerprint density at radius 2 is 2.27 bits per heavy atom. The molecule has 8 heteroatoms. The fourth-order valence-corrected chi connectivity index (χ4v) is 3.67. The number of nitrogens with zero attached hydrogens (tertiary/aromatic N) is 4. The fraction of sp³-hybridized carbons (Fsp3) is 0.429. The number of piperidine rings is 1. The molecule has 3 rings (SSSR count). The molecule has 1 atom stereocenters. The van der Waals surface area contributed by atoms with Crippen LogP contribution < -0.4 is 9.62 Å². The summed E-state index contributed by atoms with van der Waals surface area (Å²) in [5.41, 5.74) is 1.20. The number of nitriles is 1. The molecule has 0 saturated carbocycles. The van der Waals surface area contributed by atoms with Gasteiger partial charge in [-0.2, -0.15) is 5.26 Å². The second kappa shape index (κ2) is 5.59. The van der Waals surface area contributed by atoms with Gasteiger partial charge in [0.15, 0.2) is 11.5 Å². The van der Waals surface area contributed by atoms with E-state index in [0.29, 0.717) is 23.7 Å². The van der Waals surface area contributed by atoms with E-state index in [1.165, 1.54) is 0 Å². The minimum atomic E-state index is -3.24. The molecule has 116 valence electrons. The van der Waals surface area contributed by atoms with Gasteiger partial charge in [-0.1, -0.05) is 6.07 Å². The van der Waals surface area contributed by atoms with Crippen LogP contribution in [0.5, 0.6) is 0 Å². The molecule has 0 spiro atoms. The summed E-state index contributed by atoms with van der Waals surface area (Å²) in [7, 11) is -3.24. The number of anilines is 1. The summed E-state index contributed by atoms with van der Waals surface area (Å²) in [4.78, 5) is 6.51. The Bertz CT molecular complexity index is 837. The van der Waals surface area contributed by atoms with Crippen molar-refractivity contribution in [3.8, 4) is 6.07 Å². The largest absolute Gasteiger partial charge is 0.353 e. The van der Waals surface area contributed by atoms with Gasteiger partial charge in [0.1, 0.15) is 11.7 Å². The molecule has 2 aromatic heterocycles.